The molecule has 6 aliphatic rings. The molecule has 11 atom stereocenters. The smallest absolute Gasteiger partial charge is 0.165 e. The zero-order valence-corrected chi connectivity index (χ0v) is 20.6. The summed E-state index contributed by atoms with van der Waals surface area (Å²) in [4.78, 5) is 0. The van der Waals surface area contributed by atoms with Gasteiger partial charge >= 0.3 is 0 Å². The molecule has 2 spiro atoms. The molecule has 6 rings (SSSR count). The van der Waals surface area contributed by atoms with Crippen molar-refractivity contribution in [3.63, 3.8) is 0 Å². The monoisotopic (exact) mass is 444 g/mol. The SMILES string of the molecule is C=C(CCC1(C)OC2OC3CC1C21CCC(C)C2(OC2CC2CCCC(O)C2)C31)C(C)C. The molecule has 0 aromatic rings. The van der Waals surface area contributed by atoms with Gasteiger partial charge in [0.25, 0.3) is 0 Å². The van der Waals surface area contributed by atoms with Crippen LogP contribution in [0.4, 0.5) is 0 Å². The van der Waals surface area contributed by atoms with E-state index in [2.05, 4.69) is 34.3 Å². The van der Waals surface area contributed by atoms with E-state index < -0.39 is 0 Å². The van der Waals surface area contributed by atoms with Gasteiger partial charge in [0.15, 0.2) is 6.29 Å². The van der Waals surface area contributed by atoms with Crippen LogP contribution in [0.2, 0.25) is 0 Å². The third-order valence-electron chi connectivity index (χ3n) is 11.0. The van der Waals surface area contributed by atoms with E-state index in [0.29, 0.717) is 41.8 Å². The second-order valence-corrected chi connectivity index (χ2v) is 13.0. The Bertz CT molecular complexity index is 779. The number of allylic oxidation sites excluding steroid dienone is 1. The highest BCUT2D eigenvalue weighted by Crippen LogP contribution is 2.78. The lowest BCUT2D eigenvalue weighted by Crippen LogP contribution is -2.51. The van der Waals surface area contributed by atoms with E-state index in [0.717, 1.165) is 44.9 Å². The highest BCUT2D eigenvalue weighted by molar-refractivity contribution is 5.29. The molecule has 3 saturated heterocycles. The summed E-state index contributed by atoms with van der Waals surface area (Å²) in [5.74, 6) is 2.81. The number of rotatable bonds is 6. The first-order chi connectivity index (χ1) is 15.2. The maximum Gasteiger partial charge on any atom is 0.165 e. The van der Waals surface area contributed by atoms with Gasteiger partial charge in [-0.1, -0.05) is 45.8 Å². The number of hydrogen-bond donors (Lipinski definition) is 1. The van der Waals surface area contributed by atoms with E-state index in [1.807, 2.05) is 0 Å². The van der Waals surface area contributed by atoms with Crippen molar-refractivity contribution in [3.8, 4) is 0 Å². The van der Waals surface area contributed by atoms with Crippen molar-refractivity contribution in [2.24, 2.45) is 35.0 Å². The third kappa shape index (κ3) is 2.88. The molecule has 32 heavy (non-hydrogen) atoms. The van der Waals surface area contributed by atoms with Gasteiger partial charge in [0.1, 0.15) is 5.60 Å². The van der Waals surface area contributed by atoms with Gasteiger partial charge in [-0.15, -0.1) is 0 Å². The summed E-state index contributed by atoms with van der Waals surface area (Å²) < 4.78 is 20.3. The minimum Gasteiger partial charge on any atom is -0.393 e. The number of aliphatic hydroxyl groups excluding tert-OH is 1. The van der Waals surface area contributed by atoms with Crippen LogP contribution in [0.3, 0.4) is 0 Å². The molecular formula is C28H44O4. The Morgan fingerprint density at radius 2 is 1.97 bits per heavy atom. The van der Waals surface area contributed by atoms with Gasteiger partial charge in [-0.2, -0.15) is 0 Å². The van der Waals surface area contributed by atoms with Gasteiger partial charge in [-0.3, -0.25) is 0 Å². The molecular weight excluding hydrogens is 400 g/mol. The Hall–Kier alpha value is -0.420. The van der Waals surface area contributed by atoms with Crippen molar-refractivity contribution in [2.45, 2.75) is 128 Å². The van der Waals surface area contributed by atoms with Crippen LogP contribution >= 0.6 is 0 Å². The zero-order chi connectivity index (χ0) is 22.5. The minimum atomic E-state index is -0.106. The van der Waals surface area contributed by atoms with Gasteiger partial charge in [0.2, 0.25) is 0 Å². The lowest BCUT2D eigenvalue weighted by atomic mass is 9.55. The van der Waals surface area contributed by atoms with E-state index in [1.54, 1.807) is 0 Å². The Morgan fingerprint density at radius 3 is 2.72 bits per heavy atom. The summed E-state index contributed by atoms with van der Waals surface area (Å²) in [6.07, 6.45) is 11.7. The normalized spacial score (nSPS) is 55.6. The van der Waals surface area contributed by atoms with Crippen LogP contribution in [0.1, 0.15) is 91.9 Å². The highest BCUT2D eigenvalue weighted by Gasteiger charge is 2.84. The van der Waals surface area contributed by atoms with Crippen molar-refractivity contribution in [1.29, 1.82) is 0 Å². The van der Waals surface area contributed by atoms with E-state index in [4.69, 9.17) is 14.2 Å². The first kappa shape index (κ1) is 22.1. The van der Waals surface area contributed by atoms with E-state index in [1.165, 1.54) is 24.8 Å². The van der Waals surface area contributed by atoms with Crippen molar-refractivity contribution in [2.75, 3.05) is 0 Å². The Balaban J connectivity index is 1.23. The summed E-state index contributed by atoms with van der Waals surface area (Å²) in [5, 5.41) is 10.2. The first-order valence-electron chi connectivity index (χ1n) is 13.6. The fraction of sp³-hybridized carbons (Fsp3) is 0.929. The summed E-state index contributed by atoms with van der Waals surface area (Å²) in [7, 11) is 0. The number of hydrogen-bond acceptors (Lipinski definition) is 4. The van der Waals surface area contributed by atoms with Crippen molar-refractivity contribution >= 4 is 0 Å². The second-order valence-electron chi connectivity index (χ2n) is 13.0. The number of aliphatic hydroxyl groups is 1. The molecule has 0 aromatic carbocycles. The topological polar surface area (TPSA) is 51.2 Å². The molecule has 3 saturated carbocycles. The molecule has 3 aliphatic heterocycles. The summed E-state index contributed by atoms with van der Waals surface area (Å²) in [5.41, 5.74) is 1.37. The molecule has 3 heterocycles. The van der Waals surface area contributed by atoms with E-state index in [-0.39, 0.29) is 29.0 Å². The minimum absolute atomic E-state index is 0.00897. The predicted octanol–water partition coefficient (Wildman–Crippen LogP) is 5.62. The lowest BCUT2D eigenvalue weighted by molar-refractivity contribution is -0.173. The molecule has 11 unspecified atom stereocenters. The van der Waals surface area contributed by atoms with Crippen LogP contribution in [0.5, 0.6) is 0 Å². The van der Waals surface area contributed by atoms with Gasteiger partial charge in [0.05, 0.1) is 23.9 Å². The molecule has 0 amide bonds. The molecule has 2 bridgehead atoms. The standard InChI is InChI=1S/C28H44O4/c1-16(2)17(3)9-11-26(5)22-15-21-24-27(22,25(30-21)32-26)12-10-18(4)28(24)23(31-28)14-19-7-6-8-20(29)13-19/h16,18-25,29H,3,6-15H2,1-2,4-5H3. The van der Waals surface area contributed by atoms with E-state index >= 15 is 0 Å². The molecule has 180 valence electrons. The predicted molar refractivity (Wildman–Crippen MR) is 124 cm³/mol. The van der Waals surface area contributed by atoms with Gasteiger partial charge in [0, 0.05) is 17.3 Å². The fourth-order valence-corrected chi connectivity index (χ4v) is 9.18. The van der Waals surface area contributed by atoms with Crippen molar-refractivity contribution in [3.05, 3.63) is 12.2 Å². The number of ether oxygens (including phenoxy) is 3. The molecule has 0 radical (unpaired) electrons. The Morgan fingerprint density at radius 1 is 1.16 bits per heavy atom. The Labute approximate surface area is 194 Å². The summed E-state index contributed by atoms with van der Waals surface area (Å²) in [6.45, 7) is 13.6. The molecule has 1 N–H and O–H groups in total. The lowest BCUT2D eigenvalue weighted by Gasteiger charge is -2.45. The van der Waals surface area contributed by atoms with E-state index in [9.17, 15) is 5.11 Å². The second kappa shape index (κ2) is 7.29. The number of epoxide rings is 1. The first-order valence-corrected chi connectivity index (χ1v) is 13.6. The van der Waals surface area contributed by atoms with Crippen LogP contribution in [0, 0.1) is 35.0 Å². The van der Waals surface area contributed by atoms with Crippen molar-refractivity contribution < 1.29 is 19.3 Å². The Kier molecular flexibility index (Phi) is 5.03. The molecule has 3 aliphatic carbocycles. The van der Waals surface area contributed by atoms with Crippen LogP contribution in [0.15, 0.2) is 12.2 Å². The molecule has 6 fully saturated rings. The molecule has 0 aromatic heterocycles. The maximum atomic E-state index is 10.2. The van der Waals surface area contributed by atoms with Crippen LogP contribution in [-0.2, 0) is 14.2 Å². The van der Waals surface area contributed by atoms with Gasteiger partial charge in [-0.05, 0) is 76.0 Å². The summed E-state index contributed by atoms with van der Waals surface area (Å²) in [6, 6.07) is 0. The fourth-order valence-electron chi connectivity index (χ4n) is 9.18. The molecule has 4 nitrogen and oxygen atoms in total. The summed E-state index contributed by atoms with van der Waals surface area (Å²) >= 11 is 0. The van der Waals surface area contributed by atoms with Crippen LogP contribution in [0.25, 0.3) is 0 Å². The van der Waals surface area contributed by atoms with Crippen LogP contribution < -0.4 is 0 Å². The third-order valence-corrected chi connectivity index (χ3v) is 11.0. The van der Waals surface area contributed by atoms with Gasteiger partial charge in [-0.25, -0.2) is 0 Å². The quantitative estimate of drug-likeness (QED) is 0.426. The van der Waals surface area contributed by atoms with Crippen LogP contribution in [-0.4, -0.2) is 40.9 Å². The zero-order valence-electron chi connectivity index (χ0n) is 20.6. The average molecular weight is 445 g/mol. The maximum absolute atomic E-state index is 10.2. The largest absolute Gasteiger partial charge is 0.393 e. The molecule has 4 heteroatoms. The van der Waals surface area contributed by atoms with Crippen molar-refractivity contribution in [1.82, 2.24) is 0 Å². The average Bonchev–Trinajstić information content (AvgIpc) is 3.15. The van der Waals surface area contributed by atoms with Gasteiger partial charge < -0.3 is 19.3 Å². The highest BCUT2D eigenvalue weighted by atomic mass is 16.7.